The lowest BCUT2D eigenvalue weighted by molar-refractivity contribution is 0.0762. The molecule has 0 radical (unpaired) electrons. The number of anilines is 1. The molecule has 0 unspecified atom stereocenters. The van der Waals surface area contributed by atoms with Gasteiger partial charge in [-0.2, -0.15) is 0 Å². The molecule has 0 amide bonds. The zero-order valence-electron chi connectivity index (χ0n) is 12.0. The molecule has 8 heteroatoms. The van der Waals surface area contributed by atoms with Crippen LogP contribution in [0, 0.1) is 11.6 Å². The van der Waals surface area contributed by atoms with E-state index in [9.17, 15) is 17.2 Å². The second kappa shape index (κ2) is 7.67. The number of nitrogens with one attached hydrogen (secondary N) is 1. The number of unbranched alkanes of at least 4 members (excludes halogenated alkanes) is 1. The molecule has 0 aliphatic heterocycles. The van der Waals surface area contributed by atoms with Crippen molar-refractivity contribution < 1.29 is 21.9 Å². The van der Waals surface area contributed by atoms with Gasteiger partial charge >= 0.3 is 0 Å². The van der Waals surface area contributed by atoms with Gasteiger partial charge in [0.25, 0.3) is 0 Å². The molecule has 0 heterocycles. The van der Waals surface area contributed by atoms with Crippen molar-refractivity contribution in [2.24, 2.45) is 0 Å². The van der Waals surface area contributed by atoms with E-state index >= 15 is 0 Å². The molecule has 1 aromatic rings. The Morgan fingerprint density at radius 1 is 1.29 bits per heavy atom. The van der Waals surface area contributed by atoms with Crippen LogP contribution in [-0.2, 0) is 14.8 Å². The van der Waals surface area contributed by atoms with Crippen LogP contribution in [0.25, 0.3) is 0 Å². The summed E-state index contributed by atoms with van der Waals surface area (Å²) in [6.45, 7) is 4.48. The zero-order chi connectivity index (χ0) is 16.0. The predicted octanol–water partition coefficient (Wildman–Crippen LogP) is 2.03. The Morgan fingerprint density at radius 2 is 1.95 bits per heavy atom. The van der Waals surface area contributed by atoms with E-state index in [-0.39, 0.29) is 12.6 Å². The van der Waals surface area contributed by atoms with E-state index in [1.54, 1.807) is 0 Å². The summed E-state index contributed by atoms with van der Waals surface area (Å²) in [6, 6.07) is 1.68. The monoisotopic (exact) mass is 322 g/mol. The van der Waals surface area contributed by atoms with E-state index in [0.717, 1.165) is 12.1 Å². The van der Waals surface area contributed by atoms with Crippen LogP contribution in [0.5, 0.6) is 0 Å². The lowest BCUT2D eigenvalue weighted by Gasteiger charge is -2.10. The van der Waals surface area contributed by atoms with Crippen molar-refractivity contribution in [3.63, 3.8) is 0 Å². The van der Waals surface area contributed by atoms with Gasteiger partial charge in [-0.1, -0.05) is 0 Å². The summed E-state index contributed by atoms with van der Waals surface area (Å²) in [6.07, 6.45) is 1.34. The van der Waals surface area contributed by atoms with Crippen LogP contribution in [-0.4, -0.2) is 27.7 Å². The third-order valence-corrected chi connectivity index (χ3v) is 4.17. The minimum atomic E-state index is -4.05. The first-order chi connectivity index (χ1) is 9.75. The van der Waals surface area contributed by atoms with Gasteiger partial charge in [-0.15, -0.1) is 0 Å². The molecule has 0 atom stereocenters. The molecule has 1 rings (SSSR count). The fraction of sp³-hybridized carbons (Fsp3) is 0.538. The first kappa shape index (κ1) is 17.8. The highest BCUT2D eigenvalue weighted by molar-refractivity contribution is 7.89. The molecule has 0 saturated heterocycles. The molecule has 21 heavy (non-hydrogen) atoms. The topological polar surface area (TPSA) is 81.4 Å². The summed E-state index contributed by atoms with van der Waals surface area (Å²) in [5.74, 6) is -2.26. The maximum atomic E-state index is 13.7. The van der Waals surface area contributed by atoms with Gasteiger partial charge in [-0.05, 0) is 38.8 Å². The average Bonchev–Trinajstić information content (AvgIpc) is 2.39. The lowest BCUT2D eigenvalue weighted by atomic mass is 10.3. The maximum absolute atomic E-state index is 13.7. The average molecular weight is 322 g/mol. The second-order valence-corrected chi connectivity index (χ2v) is 6.53. The highest BCUT2D eigenvalue weighted by atomic mass is 32.2. The van der Waals surface area contributed by atoms with E-state index in [1.165, 1.54) is 0 Å². The van der Waals surface area contributed by atoms with Gasteiger partial charge < -0.3 is 10.5 Å². The number of benzene rings is 1. The van der Waals surface area contributed by atoms with Gasteiger partial charge in [-0.25, -0.2) is 21.9 Å². The number of rotatable bonds is 8. The minimum Gasteiger partial charge on any atom is -0.394 e. The smallest absolute Gasteiger partial charge is 0.243 e. The summed E-state index contributed by atoms with van der Waals surface area (Å²) in [5.41, 5.74) is 4.34. The molecule has 5 nitrogen and oxygen atoms in total. The van der Waals surface area contributed by atoms with Crippen LogP contribution < -0.4 is 10.5 Å². The summed E-state index contributed by atoms with van der Waals surface area (Å²) < 4.78 is 58.0. The highest BCUT2D eigenvalue weighted by Crippen LogP contribution is 2.22. The van der Waals surface area contributed by atoms with Gasteiger partial charge in [0, 0.05) is 13.2 Å². The van der Waals surface area contributed by atoms with Crippen LogP contribution in [0.4, 0.5) is 14.5 Å². The van der Waals surface area contributed by atoms with Crippen LogP contribution in [0.3, 0.4) is 0 Å². The van der Waals surface area contributed by atoms with Crippen molar-refractivity contribution in [2.75, 3.05) is 18.9 Å². The van der Waals surface area contributed by atoms with Crippen molar-refractivity contribution in [1.82, 2.24) is 4.72 Å². The van der Waals surface area contributed by atoms with E-state index in [4.69, 9.17) is 10.5 Å². The number of sulfonamides is 1. The van der Waals surface area contributed by atoms with E-state index < -0.39 is 32.2 Å². The number of nitrogens with two attached hydrogens (primary N) is 1. The Hall–Kier alpha value is -1.25. The number of ether oxygens (including phenoxy) is 1. The highest BCUT2D eigenvalue weighted by Gasteiger charge is 2.21. The third kappa shape index (κ3) is 5.22. The number of halogens is 2. The molecule has 0 aromatic heterocycles. The van der Waals surface area contributed by atoms with Gasteiger partial charge in [0.05, 0.1) is 6.10 Å². The van der Waals surface area contributed by atoms with Crippen molar-refractivity contribution in [1.29, 1.82) is 0 Å². The Balaban J connectivity index is 2.57. The fourth-order valence-electron chi connectivity index (χ4n) is 1.59. The van der Waals surface area contributed by atoms with E-state index in [1.807, 2.05) is 13.8 Å². The summed E-state index contributed by atoms with van der Waals surface area (Å²) >= 11 is 0. The Bertz CT molecular complexity index is 577. The summed E-state index contributed by atoms with van der Waals surface area (Å²) in [4.78, 5) is -0.653. The second-order valence-electron chi connectivity index (χ2n) is 4.80. The van der Waals surface area contributed by atoms with Crippen molar-refractivity contribution >= 4 is 15.7 Å². The lowest BCUT2D eigenvalue weighted by Crippen LogP contribution is -2.26. The van der Waals surface area contributed by atoms with Gasteiger partial charge in [0.2, 0.25) is 10.0 Å². The first-order valence-electron chi connectivity index (χ1n) is 6.60. The molecule has 0 aliphatic carbocycles. The molecule has 0 spiro atoms. The molecule has 0 saturated carbocycles. The van der Waals surface area contributed by atoms with Crippen LogP contribution in [0.15, 0.2) is 17.0 Å². The van der Waals surface area contributed by atoms with Gasteiger partial charge in [0.1, 0.15) is 16.4 Å². The number of hydrogen-bond donors (Lipinski definition) is 2. The molecular formula is C13H20F2N2O3S. The first-order valence-corrected chi connectivity index (χ1v) is 8.08. The number of nitrogen functional groups attached to an aromatic ring is 1. The zero-order valence-corrected chi connectivity index (χ0v) is 12.8. The minimum absolute atomic E-state index is 0.123. The normalized spacial score (nSPS) is 12.0. The molecule has 3 N–H and O–H groups in total. The standard InChI is InChI=1S/C13H20F2N2O3S/c1-9(2)20-8-4-3-7-17-21(18,19)11-6-5-10(14)13(16)12(11)15/h5-6,9,17H,3-4,7-8,16H2,1-2H3. The van der Waals surface area contributed by atoms with Crippen LogP contribution in [0.1, 0.15) is 26.7 Å². The maximum Gasteiger partial charge on any atom is 0.243 e. The predicted molar refractivity (Wildman–Crippen MR) is 76.3 cm³/mol. The van der Waals surface area contributed by atoms with Crippen molar-refractivity contribution in [3.05, 3.63) is 23.8 Å². The molecule has 0 aliphatic rings. The van der Waals surface area contributed by atoms with E-state index in [0.29, 0.717) is 19.4 Å². The quantitative estimate of drug-likeness (QED) is 0.567. The third-order valence-electron chi connectivity index (χ3n) is 2.70. The number of hydrogen-bond acceptors (Lipinski definition) is 4. The van der Waals surface area contributed by atoms with Crippen molar-refractivity contribution in [3.8, 4) is 0 Å². The van der Waals surface area contributed by atoms with E-state index in [2.05, 4.69) is 4.72 Å². The van der Waals surface area contributed by atoms with Crippen molar-refractivity contribution in [2.45, 2.75) is 37.7 Å². The Morgan fingerprint density at radius 3 is 2.57 bits per heavy atom. The summed E-state index contributed by atoms with van der Waals surface area (Å²) in [7, 11) is -4.05. The molecule has 120 valence electrons. The molecule has 0 bridgehead atoms. The largest absolute Gasteiger partial charge is 0.394 e. The summed E-state index contributed by atoms with van der Waals surface area (Å²) in [5, 5.41) is 0. The molecule has 1 aromatic carbocycles. The van der Waals surface area contributed by atoms with Gasteiger partial charge in [-0.3, -0.25) is 0 Å². The van der Waals surface area contributed by atoms with Gasteiger partial charge in [0.15, 0.2) is 5.82 Å². The molecular weight excluding hydrogens is 302 g/mol. The fourth-order valence-corrected chi connectivity index (χ4v) is 2.75. The van der Waals surface area contributed by atoms with Crippen LogP contribution >= 0.6 is 0 Å². The molecule has 0 fully saturated rings. The SMILES string of the molecule is CC(C)OCCCCNS(=O)(=O)c1ccc(F)c(N)c1F. The van der Waals surface area contributed by atoms with Crippen LogP contribution in [0.2, 0.25) is 0 Å². The Labute approximate surface area is 123 Å². The Kier molecular flexibility index (Phi) is 6.50.